The Labute approximate surface area is 189 Å². The van der Waals surface area contributed by atoms with Gasteiger partial charge in [0.1, 0.15) is 5.75 Å². The van der Waals surface area contributed by atoms with Crippen molar-refractivity contribution in [2.45, 2.75) is 13.5 Å². The van der Waals surface area contributed by atoms with E-state index in [-0.39, 0.29) is 13.1 Å². The Balaban J connectivity index is 1.83. The van der Waals surface area contributed by atoms with Crippen molar-refractivity contribution >= 4 is 27.7 Å². The van der Waals surface area contributed by atoms with Crippen LogP contribution in [0.2, 0.25) is 0 Å². The molecular weight excluding hydrogens is 424 g/mol. The molecule has 0 atom stereocenters. The van der Waals surface area contributed by atoms with Gasteiger partial charge in [0.05, 0.1) is 19.3 Å². The zero-order valence-corrected chi connectivity index (χ0v) is 18.9. The van der Waals surface area contributed by atoms with Crippen LogP contribution in [0.5, 0.6) is 5.75 Å². The summed E-state index contributed by atoms with van der Waals surface area (Å²) in [5.74, 6) is 0.0481. The number of carbonyl (C=O) groups is 1. The van der Waals surface area contributed by atoms with Gasteiger partial charge < -0.3 is 10.1 Å². The van der Waals surface area contributed by atoms with E-state index >= 15 is 0 Å². The molecule has 0 aliphatic rings. The maximum atomic E-state index is 13.1. The Bertz CT molecular complexity index is 1180. The lowest BCUT2D eigenvalue weighted by molar-refractivity contribution is -0.116. The third-order valence-corrected chi connectivity index (χ3v) is 6.20. The number of anilines is 1. The molecule has 166 valence electrons. The van der Waals surface area contributed by atoms with Crippen LogP contribution < -0.4 is 10.1 Å². The van der Waals surface area contributed by atoms with E-state index in [1.54, 1.807) is 12.1 Å². The van der Waals surface area contributed by atoms with Gasteiger partial charge in [0.25, 0.3) is 0 Å². The minimum atomic E-state index is -3.87. The van der Waals surface area contributed by atoms with Crippen LogP contribution in [0.15, 0.2) is 84.3 Å². The van der Waals surface area contributed by atoms with Crippen LogP contribution in [0.3, 0.4) is 0 Å². The number of nitrogens with one attached hydrogen (secondary N) is 1. The first-order valence-corrected chi connectivity index (χ1v) is 11.6. The summed E-state index contributed by atoms with van der Waals surface area (Å²) in [7, 11) is -2.35. The molecule has 0 aliphatic carbocycles. The molecular formula is C25H26N2O4S. The number of ether oxygens (including phenoxy) is 1. The van der Waals surface area contributed by atoms with Crippen molar-refractivity contribution < 1.29 is 17.9 Å². The Hall–Kier alpha value is -3.42. The van der Waals surface area contributed by atoms with Crippen LogP contribution in [0.25, 0.3) is 6.08 Å². The molecule has 0 saturated heterocycles. The number of rotatable bonds is 9. The van der Waals surface area contributed by atoms with Crippen LogP contribution in [0.4, 0.5) is 5.69 Å². The molecule has 0 spiro atoms. The molecule has 0 unspecified atom stereocenters. The fourth-order valence-corrected chi connectivity index (χ4v) is 4.23. The van der Waals surface area contributed by atoms with E-state index in [9.17, 15) is 13.2 Å². The molecule has 0 fully saturated rings. The largest absolute Gasteiger partial charge is 0.495 e. The Morgan fingerprint density at radius 2 is 1.66 bits per heavy atom. The second-order valence-electron chi connectivity index (χ2n) is 7.26. The summed E-state index contributed by atoms with van der Waals surface area (Å²) >= 11 is 0. The summed E-state index contributed by atoms with van der Waals surface area (Å²) in [4.78, 5) is 12.8. The summed E-state index contributed by atoms with van der Waals surface area (Å²) in [5.41, 5.74) is 2.98. The fourth-order valence-electron chi connectivity index (χ4n) is 3.11. The predicted octanol–water partition coefficient (Wildman–Crippen LogP) is 4.45. The number of nitrogens with zero attached hydrogens (tertiary/aromatic N) is 1. The van der Waals surface area contributed by atoms with Crippen LogP contribution >= 0.6 is 0 Å². The molecule has 0 bridgehead atoms. The van der Waals surface area contributed by atoms with Gasteiger partial charge in [0.15, 0.2) is 0 Å². The monoisotopic (exact) mass is 450 g/mol. The lowest BCUT2D eigenvalue weighted by atomic mass is 10.2. The quantitative estimate of drug-likeness (QED) is 0.523. The van der Waals surface area contributed by atoms with Crippen LogP contribution in [0, 0.1) is 6.92 Å². The molecule has 3 rings (SSSR count). The summed E-state index contributed by atoms with van der Waals surface area (Å²) in [6.45, 7) is 1.63. The van der Waals surface area contributed by atoms with Crippen molar-refractivity contribution in [2.24, 2.45) is 0 Å². The maximum Gasteiger partial charge on any atom is 0.239 e. The molecule has 0 heterocycles. The molecule has 0 aromatic heterocycles. The lowest BCUT2D eigenvalue weighted by Crippen LogP contribution is -2.36. The smallest absolute Gasteiger partial charge is 0.239 e. The number of hydrogen-bond acceptors (Lipinski definition) is 4. The molecule has 1 N–H and O–H groups in total. The molecule has 0 saturated carbocycles. The van der Waals surface area contributed by atoms with E-state index < -0.39 is 15.9 Å². The molecule has 6 nitrogen and oxygen atoms in total. The second kappa shape index (κ2) is 10.7. The molecule has 3 aromatic rings. The van der Waals surface area contributed by atoms with Crippen molar-refractivity contribution in [3.05, 3.63) is 101 Å². The van der Waals surface area contributed by atoms with Gasteiger partial charge in [-0.2, -0.15) is 4.31 Å². The van der Waals surface area contributed by atoms with E-state index in [0.29, 0.717) is 11.4 Å². The van der Waals surface area contributed by atoms with Gasteiger partial charge in [-0.1, -0.05) is 66.7 Å². The van der Waals surface area contributed by atoms with Crippen molar-refractivity contribution in [3.63, 3.8) is 0 Å². The Kier molecular flexibility index (Phi) is 7.81. The first-order chi connectivity index (χ1) is 15.4. The maximum absolute atomic E-state index is 13.1. The molecule has 1 amide bonds. The average Bonchev–Trinajstić information content (AvgIpc) is 2.79. The first-order valence-electron chi connectivity index (χ1n) is 10.1. The van der Waals surface area contributed by atoms with E-state index in [1.165, 1.54) is 13.2 Å². The van der Waals surface area contributed by atoms with Gasteiger partial charge in [-0.3, -0.25) is 4.79 Å². The highest BCUT2D eigenvalue weighted by Crippen LogP contribution is 2.25. The molecule has 7 heteroatoms. The van der Waals surface area contributed by atoms with Crippen molar-refractivity contribution in [3.8, 4) is 5.75 Å². The summed E-state index contributed by atoms with van der Waals surface area (Å²) in [5, 5.41) is 3.90. The number of hydrogen-bond donors (Lipinski definition) is 1. The summed E-state index contributed by atoms with van der Waals surface area (Å²) in [6.07, 6.45) is 1.52. The van der Waals surface area contributed by atoms with Gasteiger partial charge in [-0.05, 0) is 41.8 Å². The van der Waals surface area contributed by atoms with Crippen LogP contribution in [-0.2, 0) is 21.4 Å². The van der Waals surface area contributed by atoms with Crippen molar-refractivity contribution in [2.75, 3.05) is 19.0 Å². The third kappa shape index (κ3) is 6.54. The summed E-state index contributed by atoms with van der Waals surface area (Å²) < 4.78 is 32.7. The SMILES string of the molecule is COc1ccc(C)cc1NC(=O)CN(Cc1ccccc1)S(=O)(=O)/C=C/c1ccccc1. The van der Waals surface area contributed by atoms with E-state index in [1.807, 2.05) is 73.7 Å². The third-order valence-electron chi connectivity index (χ3n) is 4.74. The minimum Gasteiger partial charge on any atom is -0.495 e. The van der Waals surface area contributed by atoms with E-state index in [0.717, 1.165) is 26.4 Å². The van der Waals surface area contributed by atoms with E-state index in [2.05, 4.69) is 5.32 Å². The predicted molar refractivity (Wildman–Crippen MR) is 128 cm³/mol. The topological polar surface area (TPSA) is 75.7 Å². The van der Waals surface area contributed by atoms with Gasteiger partial charge in [0.2, 0.25) is 15.9 Å². The fraction of sp³-hybridized carbons (Fsp3) is 0.160. The summed E-state index contributed by atoms with van der Waals surface area (Å²) in [6, 6.07) is 23.7. The highest BCUT2D eigenvalue weighted by molar-refractivity contribution is 7.92. The molecule has 0 aliphatic heterocycles. The molecule has 3 aromatic carbocycles. The number of aryl methyl sites for hydroxylation is 1. The average molecular weight is 451 g/mol. The highest BCUT2D eigenvalue weighted by atomic mass is 32.2. The molecule has 32 heavy (non-hydrogen) atoms. The number of benzene rings is 3. The second-order valence-corrected chi connectivity index (χ2v) is 9.08. The standard InChI is InChI=1S/C25H26N2O4S/c1-20-13-14-24(31-2)23(17-20)26-25(28)19-27(18-22-11-7-4-8-12-22)32(29,30)16-15-21-9-5-3-6-10-21/h3-17H,18-19H2,1-2H3,(H,26,28)/b16-15+. The van der Waals surface area contributed by atoms with E-state index in [4.69, 9.17) is 4.74 Å². The lowest BCUT2D eigenvalue weighted by Gasteiger charge is -2.20. The van der Waals surface area contributed by atoms with Gasteiger partial charge in [-0.15, -0.1) is 0 Å². The zero-order chi connectivity index (χ0) is 23.0. The Morgan fingerprint density at radius 1 is 1.00 bits per heavy atom. The number of methoxy groups -OCH3 is 1. The van der Waals surface area contributed by atoms with Crippen LogP contribution in [0.1, 0.15) is 16.7 Å². The van der Waals surface area contributed by atoms with Crippen LogP contribution in [-0.4, -0.2) is 32.3 Å². The van der Waals surface area contributed by atoms with Crippen molar-refractivity contribution in [1.29, 1.82) is 0 Å². The van der Waals surface area contributed by atoms with Gasteiger partial charge >= 0.3 is 0 Å². The molecule has 0 radical (unpaired) electrons. The number of amides is 1. The van der Waals surface area contributed by atoms with Gasteiger partial charge in [-0.25, -0.2) is 8.42 Å². The highest BCUT2D eigenvalue weighted by Gasteiger charge is 2.23. The first kappa shape index (κ1) is 23.2. The Morgan fingerprint density at radius 3 is 2.31 bits per heavy atom. The van der Waals surface area contributed by atoms with Crippen molar-refractivity contribution in [1.82, 2.24) is 4.31 Å². The number of carbonyl (C=O) groups excluding carboxylic acids is 1. The van der Waals surface area contributed by atoms with Gasteiger partial charge in [0, 0.05) is 12.0 Å². The number of sulfonamides is 1. The minimum absolute atomic E-state index is 0.0701. The normalized spacial score (nSPS) is 11.6. The zero-order valence-electron chi connectivity index (χ0n) is 18.1.